The minimum Gasteiger partial charge on any atom is -0.0776 e. The monoisotopic (exact) mass is 180 g/mol. The molecule has 0 unspecified atom stereocenters. The van der Waals surface area contributed by atoms with Gasteiger partial charge in [0.2, 0.25) is 0 Å². The Kier molecular flexibility index (Phi) is 7.60. The molecule has 0 N–H and O–H groups in total. The maximum absolute atomic E-state index is 2.29. The third-order valence-corrected chi connectivity index (χ3v) is 2.02. The molecule has 0 bridgehead atoms. The first-order valence-electron chi connectivity index (χ1n) is 4.30. The van der Waals surface area contributed by atoms with Gasteiger partial charge < -0.3 is 0 Å². The van der Waals surface area contributed by atoms with Crippen LogP contribution >= 0.6 is 0 Å². The van der Waals surface area contributed by atoms with Crippen molar-refractivity contribution in [1.29, 1.82) is 0 Å². The fourth-order valence-electron chi connectivity index (χ4n) is 1.34. The van der Waals surface area contributed by atoms with Crippen LogP contribution in [0.25, 0.3) is 0 Å². The maximum atomic E-state index is 2.29. The lowest BCUT2D eigenvalue weighted by molar-refractivity contribution is 0.911. The zero-order valence-electron chi connectivity index (χ0n) is 7.65. The fourth-order valence-corrected chi connectivity index (χ4v) is 1.34. The molecule has 1 aromatic rings. The largest absolute Gasteiger partial charge is 0.0776 e. The van der Waals surface area contributed by atoms with E-state index in [9.17, 15) is 0 Å². The van der Waals surface area contributed by atoms with Crippen LogP contribution in [0.1, 0.15) is 44.9 Å². The third-order valence-electron chi connectivity index (χ3n) is 2.02. The highest BCUT2D eigenvalue weighted by atomic mass is 14.0. The zero-order valence-corrected chi connectivity index (χ0v) is 7.65. The Bertz CT molecular complexity index is 236. The molecule has 0 aliphatic heterocycles. The SMILES string of the molecule is C.C.CCCc1cc(C)ccc1C. The number of benzene rings is 1. The minimum atomic E-state index is 0. The van der Waals surface area contributed by atoms with Gasteiger partial charge in [-0.3, -0.25) is 0 Å². The predicted octanol–water partition coefficient (Wildman–Crippen LogP) is 4.53. The van der Waals surface area contributed by atoms with E-state index >= 15 is 0 Å². The normalized spacial score (nSPS) is 8.54. The Labute approximate surface area is 84.0 Å². The van der Waals surface area contributed by atoms with Gasteiger partial charge in [-0.15, -0.1) is 0 Å². The topological polar surface area (TPSA) is 0 Å². The number of hydrogen-bond acceptors (Lipinski definition) is 0. The second kappa shape index (κ2) is 6.71. The van der Waals surface area contributed by atoms with Crippen LogP contribution in [0.3, 0.4) is 0 Å². The predicted molar refractivity (Wildman–Crippen MR) is 63.4 cm³/mol. The van der Waals surface area contributed by atoms with Gasteiger partial charge in [-0.25, -0.2) is 0 Å². The molecule has 0 aliphatic rings. The first-order valence-corrected chi connectivity index (χ1v) is 4.30. The van der Waals surface area contributed by atoms with Crippen molar-refractivity contribution >= 4 is 0 Å². The smallest absolute Gasteiger partial charge is 0.0279 e. The van der Waals surface area contributed by atoms with Crippen molar-refractivity contribution in [3.05, 3.63) is 34.9 Å². The van der Waals surface area contributed by atoms with E-state index in [2.05, 4.69) is 39.0 Å². The van der Waals surface area contributed by atoms with Crippen LogP contribution in [0, 0.1) is 13.8 Å². The second-order valence-electron chi connectivity index (χ2n) is 3.18. The van der Waals surface area contributed by atoms with E-state index in [0.717, 1.165) is 0 Å². The highest BCUT2D eigenvalue weighted by Crippen LogP contribution is 2.11. The highest BCUT2D eigenvalue weighted by molar-refractivity contribution is 5.30. The van der Waals surface area contributed by atoms with E-state index in [1.54, 1.807) is 0 Å². The molecule has 0 fully saturated rings. The van der Waals surface area contributed by atoms with E-state index in [0.29, 0.717) is 0 Å². The summed E-state index contributed by atoms with van der Waals surface area (Å²) < 4.78 is 0. The van der Waals surface area contributed by atoms with Gasteiger partial charge in [0.25, 0.3) is 0 Å². The molecular weight excluding hydrogens is 156 g/mol. The van der Waals surface area contributed by atoms with Gasteiger partial charge >= 0.3 is 0 Å². The lowest BCUT2D eigenvalue weighted by Gasteiger charge is -2.04. The number of aryl methyl sites for hydroxylation is 3. The van der Waals surface area contributed by atoms with E-state index in [1.807, 2.05) is 0 Å². The van der Waals surface area contributed by atoms with Crippen molar-refractivity contribution in [3.8, 4) is 0 Å². The molecular formula is C13H24. The molecule has 0 saturated heterocycles. The van der Waals surface area contributed by atoms with Crippen molar-refractivity contribution in [3.63, 3.8) is 0 Å². The Morgan fingerprint density at radius 3 is 2.23 bits per heavy atom. The Morgan fingerprint density at radius 1 is 1.08 bits per heavy atom. The van der Waals surface area contributed by atoms with Crippen LogP contribution in [0.2, 0.25) is 0 Å². The molecule has 76 valence electrons. The van der Waals surface area contributed by atoms with Gasteiger partial charge in [0.1, 0.15) is 0 Å². The summed E-state index contributed by atoms with van der Waals surface area (Å²) in [7, 11) is 0. The van der Waals surface area contributed by atoms with Gasteiger partial charge in [0.15, 0.2) is 0 Å². The molecule has 0 heteroatoms. The molecule has 0 atom stereocenters. The summed E-state index contributed by atoms with van der Waals surface area (Å²) in [5.41, 5.74) is 4.31. The average Bonchev–Trinajstić information content (AvgIpc) is 1.98. The van der Waals surface area contributed by atoms with Crippen LogP contribution in [0.5, 0.6) is 0 Å². The van der Waals surface area contributed by atoms with Crippen molar-refractivity contribution in [2.45, 2.75) is 48.5 Å². The molecule has 0 radical (unpaired) electrons. The van der Waals surface area contributed by atoms with Crippen molar-refractivity contribution in [2.75, 3.05) is 0 Å². The van der Waals surface area contributed by atoms with Crippen molar-refractivity contribution in [1.82, 2.24) is 0 Å². The minimum absolute atomic E-state index is 0. The summed E-state index contributed by atoms with van der Waals surface area (Å²) in [6.45, 7) is 6.56. The number of hydrogen-bond donors (Lipinski definition) is 0. The Morgan fingerprint density at radius 2 is 1.69 bits per heavy atom. The summed E-state index contributed by atoms with van der Waals surface area (Å²) in [5.74, 6) is 0. The molecule has 1 aromatic carbocycles. The lowest BCUT2D eigenvalue weighted by atomic mass is 10.0. The molecule has 0 nitrogen and oxygen atoms in total. The quantitative estimate of drug-likeness (QED) is 0.627. The van der Waals surface area contributed by atoms with E-state index in [1.165, 1.54) is 29.5 Å². The average molecular weight is 180 g/mol. The maximum Gasteiger partial charge on any atom is -0.0279 e. The summed E-state index contributed by atoms with van der Waals surface area (Å²) >= 11 is 0. The Hall–Kier alpha value is -0.780. The van der Waals surface area contributed by atoms with Crippen LogP contribution < -0.4 is 0 Å². The summed E-state index contributed by atoms with van der Waals surface area (Å²) in [6, 6.07) is 6.67. The summed E-state index contributed by atoms with van der Waals surface area (Å²) in [4.78, 5) is 0. The van der Waals surface area contributed by atoms with Gasteiger partial charge in [0.05, 0.1) is 0 Å². The first kappa shape index (κ1) is 14.7. The standard InChI is InChI=1S/C11H16.2CH4/c1-4-5-11-8-9(2)6-7-10(11)3;;/h6-8H,4-5H2,1-3H3;2*1H4. The van der Waals surface area contributed by atoms with Crippen LogP contribution in [-0.4, -0.2) is 0 Å². The Balaban J connectivity index is 0. The van der Waals surface area contributed by atoms with E-state index in [-0.39, 0.29) is 14.9 Å². The first-order chi connectivity index (χ1) is 5.24. The molecule has 1 rings (SSSR count). The highest BCUT2D eigenvalue weighted by Gasteiger charge is 1.95. The van der Waals surface area contributed by atoms with Crippen LogP contribution in [0.4, 0.5) is 0 Å². The third kappa shape index (κ3) is 4.12. The fraction of sp³-hybridized carbons (Fsp3) is 0.538. The molecule has 0 amide bonds. The van der Waals surface area contributed by atoms with Gasteiger partial charge in [-0.05, 0) is 31.4 Å². The van der Waals surface area contributed by atoms with Crippen LogP contribution in [-0.2, 0) is 6.42 Å². The van der Waals surface area contributed by atoms with Gasteiger partial charge in [-0.2, -0.15) is 0 Å². The summed E-state index contributed by atoms with van der Waals surface area (Å²) in [5, 5.41) is 0. The molecule has 0 heterocycles. The molecule has 0 spiro atoms. The molecule has 0 aliphatic carbocycles. The molecule has 0 aromatic heterocycles. The molecule has 0 saturated carbocycles. The number of rotatable bonds is 2. The zero-order chi connectivity index (χ0) is 8.27. The van der Waals surface area contributed by atoms with Crippen molar-refractivity contribution in [2.24, 2.45) is 0 Å². The second-order valence-corrected chi connectivity index (χ2v) is 3.18. The van der Waals surface area contributed by atoms with Crippen molar-refractivity contribution < 1.29 is 0 Å². The van der Waals surface area contributed by atoms with E-state index < -0.39 is 0 Å². The van der Waals surface area contributed by atoms with Gasteiger partial charge in [-0.1, -0.05) is 52.0 Å². The van der Waals surface area contributed by atoms with Crippen LogP contribution in [0.15, 0.2) is 18.2 Å². The van der Waals surface area contributed by atoms with E-state index in [4.69, 9.17) is 0 Å². The van der Waals surface area contributed by atoms with Gasteiger partial charge in [0, 0.05) is 0 Å². The molecule has 13 heavy (non-hydrogen) atoms. The lowest BCUT2D eigenvalue weighted by Crippen LogP contribution is -1.88. The summed E-state index contributed by atoms with van der Waals surface area (Å²) in [6.07, 6.45) is 2.46.